The smallest absolute Gasteiger partial charge is 0.0907 e. The van der Waals surface area contributed by atoms with E-state index in [1.807, 2.05) is 11.3 Å². The number of fused-ring (bicyclic) bond motifs is 1. The second-order valence-electron chi connectivity index (χ2n) is 7.03. The molecule has 0 bridgehead atoms. The summed E-state index contributed by atoms with van der Waals surface area (Å²) in [6.45, 7) is 14.0. The second-order valence-corrected chi connectivity index (χ2v) is 8.23. The second kappa shape index (κ2) is 7.12. The van der Waals surface area contributed by atoms with Gasteiger partial charge in [0, 0.05) is 0 Å². The normalized spacial score (nSPS) is 15.9. The Morgan fingerprint density at radius 2 is 1.91 bits per heavy atom. The van der Waals surface area contributed by atoms with Crippen molar-refractivity contribution in [1.82, 2.24) is 4.98 Å². The largest absolute Gasteiger partial charge is 0.242 e. The Morgan fingerprint density at radius 1 is 1.18 bits per heavy atom. The zero-order valence-electron chi connectivity index (χ0n) is 15.1. The van der Waals surface area contributed by atoms with Crippen molar-refractivity contribution in [2.24, 2.45) is 5.92 Å². The third-order valence-electron chi connectivity index (χ3n) is 5.39. The van der Waals surface area contributed by atoms with Gasteiger partial charge in [0.1, 0.15) is 0 Å². The monoisotopic (exact) mass is 317 g/mol. The molecule has 0 aliphatic heterocycles. The van der Waals surface area contributed by atoms with Crippen LogP contribution >= 0.6 is 11.3 Å². The molecule has 0 aliphatic rings. The van der Waals surface area contributed by atoms with E-state index < -0.39 is 0 Å². The van der Waals surface area contributed by atoms with Gasteiger partial charge < -0.3 is 0 Å². The molecule has 0 radical (unpaired) electrons. The van der Waals surface area contributed by atoms with E-state index >= 15 is 0 Å². The molecule has 2 unspecified atom stereocenters. The van der Waals surface area contributed by atoms with Crippen molar-refractivity contribution in [3.8, 4) is 0 Å². The molecule has 1 nitrogen and oxygen atoms in total. The standard InChI is InChI=1S/C20H31NS/c1-7-9-13-20(6,14(3)10-8-2)17-11-12-18-19(15(17)4)22-16(5)21-18/h11-12,14H,7-10,13H2,1-6H3. The van der Waals surface area contributed by atoms with E-state index in [0.29, 0.717) is 5.92 Å². The lowest BCUT2D eigenvalue weighted by atomic mass is 9.67. The fourth-order valence-corrected chi connectivity index (χ4v) is 4.72. The Labute approximate surface area is 140 Å². The van der Waals surface area contributed by atoms with Gasteiger partial charge in [-0.15, -0.1) is 11.3 Å². The predicted molar refractivity (Wildman–Crippen MR) is 100 cm³/mol. The number of hydrogen-bond acceptors (Lipinski definition) is 2. The van der Waals surface area contributed by atoms with Gasteiger partial charge >= 0.3 is 0 Å². The number of thiazole rings is 1. The van der Waals surface area contributed by atoms with Crippen LogP contribution in [0.2, 0.25) is 0 Å². The number of hydrogen-bond donors (Lipinski definition) is 0. The molecule has 1 aromatic heterocycles. The van der Waals surface area contributed by atoms with Crippen LogP contribution in [0.5, 0.6) is 0 Å². The summed E-state index contributed by atoms with van der Waals surface area (Å²) in [5.74, 6) is 0.717. The molecule has 0 amide bonds. The Hall–Kier alpha value is -0.890. The summed E-state index contributed by atoms with van der Waals surface area (Å²) in [4.78, 5) is 4.66. The van der Waals surface area contributed by atoms with Gasteiger partial charge in [0.2, 0.25) is 0 Å². The van der Waals surface area contributed by atoms with Crippen molar-refractivity contribution in [2.45, 2.75) is 79.1 Å². The topological polar surface area (TPSA) is 12.9 Å². The molecule has 2 aromatic rings. The van der Waals surface area contributed by atoms with E-state index in [-0.39, 0.29) is 5.41 Å². The lowest BCUT2D eigenvalue weighted by Crippen LogP contribution is -2.31. The van der Waals surface area contributed by atoms with Crippen LogP contribution < -0.4 is 0 Å². The van der Waals surface area contributed by atoms with Crippen molar-refractivity contribution in [3.63, 3.8) is 0 Å². The number of nitrogens with zero attached hydrogens (tertiary/aromatic N) is 1. The quantitative estimate of drug-likeness (QED) is 0.547. The van der Waals surface area contributed by atoms with Gasteiger partial charge in [-0.1, -0.05) is 59.4 Å². The number of aromatic nitrogens is 1. The van der Waals surface area contributed by atoms with Crippen molar-refractivity contribution in [2.75, 3.05) is 0 Å². The van der Waals surface area contributed by atoms with Crippen LogP contribution in [-0.2, 0) is 5.41 Å². The molecular weight excluding hydrogens is 286 g/mol. The van der Waals surface area contributed by atoms with Gasteiger partial charge in [-0.25, -0.2) is 4.98 Å². The summed E-state index contributed by atoms with van der Waals surface area (Å²) in [7, 11) is 0. The van der Waals surface area contributed by atoms with Crippen molar-refractivity contribution in [1.29, 1.82) is 0 Å². The summed E-state index contributed by atoms with van der Waals surface area (Å²) in [5.41, 5.74) is 4.47. The summed E-state index contributed by atoms with van der Waals surface area (Å²) in [6, 6.07) is 4.60. The maximum atomic E-state index is 4.66. The maximum absolute atomic E-state index is 4.66. The third-order valence-corrected chi connectivity index (χ3v) is 6.49. The fourth-order valence-electron chi connectivity index (χ4n) is 3.80. The minimum absolute atomic E-state index is 0.280. The van der Waals surface area contributed by atoms with Gasteiger partial charge in [-0.2, -0.15) is 0 Å². The highest BCUT2D eigenvalue weighted by molar-refractivity contribution is 7.18. The lowest BCUT2D eigenvalue weighted by molar-refractivity contribution is 0.268. The molecule has 0 saturated carbocycles. The first-order chi connectivity index (χ1) is 10.4. The number of rotatable bonds is 7. The molecule has 0 fully saturated rings. The van der Waals surface area contributed by atoms with Crippen molar-refractivity contribution in [3.05, 3.63) is 28.3 Å². The maximum Gasteiger partial charge on any atom is 0.0907 e. The van der Waals surface area contributed by atoms with Crippen LogP contribution in [0.4, 0.5) is 0 Å². The first-order valence-electron chi connectivity index (χ1n) is 8.81. The average Bonchev–Trinajstić information content (AvgIpc) is 2.87. The Morgan fingerprint density at radius 3 is 2.55 bits per heavy atom. The van der Waals surface area contributed by atoms with E-state index in [4.69, 9.17) is 0 Å². The van der Waals surface area contributed by atoms with Crippen molar-refractivity contribution >= 4 is 21.6 Å². The van der Waals surface area contributed by atoms with Crippen LogP contribution in [0.1, 0.15) is 75.9 Å². The minimum atomic E-state index is 0.280. The Balaban J connectivity index is 2.52. The summed E-state index contributed by atoms with van der Waals surface area (Å²) in [5, 5.41) is 1.17. The highest BCUT2D eigenvalue weighted by Crippen LogP contribution is 2.43. The molecule has 0 N–H and O–H groups in total. The molecule has 0 spiro atoms. The van der Waals surface area contributed by atoms with E-state index in [1.165, 1.54) is 52.9 Å². The molecule has 1 heterocycles. The highest BCUT2D eigenvalue weighted by atomic mass is 32.1. The van der Waals surface area contributed by atoms with Gasteiger partial charge in [0.25, 0.3) is 0 Å². The minimum Gasteiger partial charge on any atom is -0.242 e. The first-order valence-corrected chi connectivity index (χ1v) is 9.62. The van der Waals surface area contributed by atoms with Crippen LogP contribution in [-0.4, -0.2) is 4.98 Å². The van der Waals surface area contributed by atoms with E-state index in [2.05, 4.69) is 58.7 Å². The van der Waals surface area contributed by atoms with Crippen LogP contribution in [0.25, 0.3) is 10.2 Å². The molecule has 2 atom stereocenters. The molecule has 1 aromatic carbocycles. The molecule has 2 heteroatoms. The third kappa shape index (κ3) is 3.22. The van der Waals surface area contributed by atoms with E-state index in [9.17, 15) is 0 Å². The summed E-state index contributed by atoms with van der Waals surface area (Å²) >= 11 is 1.85. The molecule has 2 rings (SSSR count). The number of unbranched alkanes of at least 4 members (excludes halogenated alkanes) is 1. The summed E-state index contributed by atoms with van der Waals surface area (Å²) < 4.78 is 1.39. The summed E-state index contributed by atoms with van der Waals surface area (Å²) in [6.07, 6.45) is 6.44. The molecule has 0 aliphatic carbocycles. The molecule has 22 heavy (non-hydrogen) atoms. The average molecular weight is 318 g/mol. The molecule has 122 valence electrons. The van der Waals surface area contributed by atoms with Gasteiger partial charge in [0.15, 0.2) is 0 Å². The lowest BCUT2D eigenvalue weighted by Gasteiger charge is -2.38. The van der Waals surface area contributed by atoms with E-state index in [1.54, 1.807) is 5.56 Å². The zero-order chi connectivity index (χ0) is 16.3. The van der Waals surface area contributed by atoms with Gasteiger partial charge in [0.05, 0.1) is 15.2 Å². The Bertz CT molecular complexity index is 628. The number of aryl methyl sites for hydroxylation is 2. The Kier molecular flexibility index (Phi) is 5.65. The fraction of sp³-hybridized carbons (Fsp3) is 0.650. The first kappa shape index (κ1) is 17.5. The number of benzene rings is 1. The SMILES string of the molecule is CCCCC(C)(c1ccc2nc(C)sc2c1C)C(C)CCC. The molecule has 0 saturated heterocycles. The van der Waals surface area contributed by atoms with Crippen LogP contribution in [0, 0.1) is 19.8 Å². The van der Waals surface area contributed by atoms with Gasteiger partial charge in [-0.3, -0.25) is 0 Å². The van der Waals surface area contributed by atoms with Crippen molar-refractivity contribution < 1.29 is 0 Å². The van der Waals surface area contributed by atoms with E-state index in [0.717, 1.165) is 0 Å². The highest BCUT2D eigenvalue weighted by Gasteiger charge is 2.33. The van der Waals surface area contributed by atoms with Gasteiger partial charge in [-0.05, 0) is 48.8 Å². The zero-order valence-corrected chi connectivity index (χ0v) is 15.9. The molecular formula is C20H31NS. The predicted octanol–water partition coefficient (Wildman–Crippen LogP) is 6.80. The van der Waals surface area contributed by atoms with Crippen LogP contribution in [0.3, 0.4) is 0 Å². The van der Waals surface area contributed by atoms with Crippen LogP contribution in [0.15, 0.2) is 12.1 Å².